The number of ether oxygens (including phenoxy) is 3. The highest BCUT2D eigenvalue weighted by atomic mass is 35.5. The molecule has 196 valence electrons. The normalized spacial score (nSPS) is 16.9. The molecule has 38 heavy (non-hydrogen) atoms. The second-order valence-corrected chi connectivity index (χ2v) is 9.48. The van der Waals surface area contributed by atoms with Crippen molar-refractivity contribution in [2.24, 2.45) is 0 Å². The van der Waals surface area contributed by atoms with Gasteiger partial charge in [0.05, 0.1) is 30.0 Å². The van der Waals surface area contributed by atoms with Crippen molar-refractivity contribution in [2.75, 3.05) is 31.8 Å². The number of nitrogens with one attached hydrogen (secondary N) is 1. The molecule has 2 aromatic heterocycles. The van der Waals surface area contributed by atoms with Crippen LogP contribution in [-0.4, -0.2) is 41.6 Å². The lowest BCUT2D eigenvalue weighted by Crippen LogP contribution is -2.30. The molecule has 0 bridgehead atoms. The fraction of sp³-hybridized carbons (Fsp3) is 0.241. The molecule has 4 aromatic rings. The first kappa shape index (κ1) is 26.0. The summed E-state index contributed by atoms with van der Waals surface area (Å²) in [6, 6.07) is 23.5. The summed E-state index contributed by atoms with van der Waals surface area (Å²) >= 11 is 12.5. The Hall–Kier alpha value is -3.59. The molecule has 1 aliphatic rings. The number of aromatic nitrogens is 2. The third-order valence-corrected chi connectivity index (χ3v) is 6.96. The van der Waals surface area contributed by atoms with Gasteiger partial charge in [-0.15, -0.1) is 0 Å². The third kappa shape index (κ3) is 5.34. The lowest BCUT2D eigenvalue weighted by Gasteiger charge is -2.29. The van der Waals surface area contributed by atoms with Gasteiger partial charge in [-0.25, -0.2) is 0 Å². The maximum absolute atomic E-state index is 6.64. The smallest absolute Gasteiger partial charge is 0.174 e. The van der Waals surface area contributed by atoms with E-state index in [4.69, 9.17) is 38.0 Å². The molecule has 1 aliphatic heterocycles. The molecule has 0 saturated carbocycles. The van der Waals surface area contributed by atoms with Crippen molar-refractivity contribution in [3.05, 3.63) is 102 Å². The van der Waals surface area contributed by atoms with Gasteiger partial charge in [0.25, 0.3) is 0 Å². The Bertz CT molecular complexity index is 1380. The highest BCUT2D eigenvalue weighted by molar-refractivity contribution is 7.80. The molecule has 1 fully saturated rings. The topological polar surface area (TPSA) is 60.8 Å². The fourth-order valence-corrected chi connectivity index (χ4v) is 5.24. The quantitative estimate of drug-likeness (QED) is 0.189. The van der Waals surface area contributed by atoms with Gasteiger partial charge in [0.1, 0.15) is 24.1 Å². The fourth-order valence-electron chi connectivity index (χ4n) is 4.66. The molecule has 0 aliphatic carbocycles. The Kier molecular flexibility index (Phi) is 8.12. The first-order valence-corrected chi connectivity index (χ1v) is 13.2. The summed E-state index contributed by atoms with van der Waals surface area (Å²) in [6.45, 7) is 3.50. The zero-order valence-electron chi connectivity index (χ0n) is 21.2. The highest BCUT2D eigenvalue weighted by Crippen LogP contribution is 2.43. The standard InChI is InChI=1S/C29H29ClN4O3S/c1-3-36-22-12-9-20(10-13-22)33-16-6-8-25(33)28-27(24-7-4-5-15-31-24)32-29(38)34(28)21-11-14-26(23(30)19-21)37-18-17-35-2/h4-16,19,27-28H,3,17-18H2,1-2H3,(H,32,38). The van der Waals surface area contributed by atoms with Gasteiger partial charge in [-0.1, -0.05) is 17.7 Å². The second kappa shape index (κ2) is 11.9. The number of benzene rings is 2. The molecular formula is C29H29ClN4O3S. The van der Waals surface area contributed by atoms with Crippen molar-refractivity contribution >= 4 is 34.6 Å². The molecule has 5 rings (SSSR count). The van der Waals surface area contributed by atoms with Crippen LogP contribution in [0.5, 0.6) is 11.5 Å². The third-order valence-electron chi connectivity index (χ3n) is 6.35. The molecular weight excluding hydrogens is 520 g/mol. The van der Waals surface area contributed by atoms with E-state index in [1.807, 2.05) is 61.5 Å². The molecule has 1 saturated heterocycles. The number of methoxy groups -OCH3 is 1. The van der Waals surface area contributed by atoms with Crippen LogP contribution in [0, 0.1) is 0 Å². The van der Waals surface area contributed by atoms with Crippen molar-refractivity contribution in [3.8, 4) is 17.2 Å². The molecule has 2 aromatic carbocycles. The maximum Gasteiger partial charge on any atom is 0.174 e. The van der Waals surface area contributed by atoms with E-state index in [0.29, 0.717) is 35.7 Å². The molecule has 9 heteroatoms. The number of thiocarbonyl (C=S) groups is 1. The second-order valence-electron chi connectivity index (χ2n) is 8.68. The molecule has 0 radical (unpaired) electrons. The first-order chi connectivity index (χ1) is 18.6. The Morgan fingerprint density at radius 2 is 1.79 bits per heavy atom. The Morgan fingerprint density at radius 3 is 2.50 bits per heavy atom. The lowest BCUT2D eigenvalue weighted by atomic mass is 10.0. The summed E-state index contributed by atoms with van der Waals surface area (Å²) in [6.07, 6.45) is 3.86. The number of nitrogens with zero attached hydrogens (tertiary/aromatic N) is 3. The van der Waals surface area contributed by atoms with Crippen LogP contribution in [0.2, 0.25) is 5.02 Å². The van der Waals surface area contributed by atoms with Crippen molar-refractivity contribution in [2.45, 2.75) is 19.0 Å². The molecule has 3 heterocycles. The van der Waals surface area contributed by atoms with Crippen molar-refractivity contribution in [3.63, 3.8) is 0 Å². The summed E-state index contributed by atoms with van der Waals surface area (Å²) in [7, 11) is 1.64. The van der Waals surface area contributed by atoms with E-state index >= 15 is 0 Å². The Morgan fingerprint density at radius 1 is 0.974 bits per heavy atom. The van der Waals surface area contributed by atoms with E-state index in [0.717, 1.165) is 28.5 Å². The zero-order valence-corrected chi connectivity index (χ0v) is 22.8. The van der Waals surface area contributed by atoms with Crippen LogP contribution in [-0.2, 0) is 4.74 Å². The van der Waals surface area contributed by atoms with Gasteiger partial charge in [-0.05, 0) is 85.9 Å². The number of anilines is 1. The molecule has 1 N–H and O–H groups in total. The minimum atomic E-state index is -0.199. The average Bonchev–Trinajstić information content (AvgIpc) is 3.55. The van der Waals surface area contributed by atoms with E-state index in [2.05, 4.69) is 44.2 Å². The summed E-state index contributed by atoms with van der Waals surface area (Å²) in [5.74, 6) is 1.44. The SMILES string of the molecule is CCOc1ccc(-n2cccc2C2C(c3ccccn3)NC(=S)N2c2ccc(OCCOC)c(Cl)c2)cc1. The van der Waals surface area contributed by atoms with Crippen LogP contribution in [0.3, 0.4) is 0 Å². The van der Waals surface area contributed by atoms with E-state index < -0.39 is 0 Å². The minimum absolute atomic E-state index is 0.184. The van der Waals surface area contributed by atoms with Gasteiger partial charge < -0.3 is 29.0 Å². The zero-order chi connectivity index (χ0) is 26.5. The van der Waals surface area contributed by atoms with Crippen LogP contribution in [0.1, 0.15) is 30.4 Å². The van der Waals surface area contributed by atoms with Crippen LogP contribution in [0.25, 0.3) is 5.69 Å². The van der Waals surface area contributed by atoms with Crippen LogP contribution >= 0.6 is 23.8 Å². The van der Waals surface area contributed by atoms with Crippen LogP contribution in [0.15, 0.2) is 85.2 Å². The largest absolute Gasteiger partial charge is 0.494 e. The predicted molar refractivity (Wildman–Crippen MR) is 154 cm³/mol. The van der Waals surface area contributed by atoms with Crippen molar-refractivity contribution < 1.29 is 14.2 Å². The average molecular weight is 549 g/mol. The summed E-state index contributed by atoms with van der Waals surface area (Å²) in [5, 5.41) is 4.60. The molecule has 0 amide bonds. The molecule has 2 atom stereocenters. The number of halogens is 1. The number of rotatable bonds is 10. The highest BCUT2D eigenvalue weighted by Gasteiger charge is 2.42. The summed E-state index contributed by atoms with van der Waals surface area (Å²) < 4.78 is 18.7. The number of pyridine rings is 1. The van der Waals surface area contributed by atoms with Gasteiger partial charge in [-0.3, -0.25) is 4.98 Å². The summed E-state index contributed by atoms with van der Waals surface area (Å²) in [5.41, 5.74) is 3.82. The van der Waals surface area contributed by atoms with Crippen molar-refractivity contribution in [1.82, 2.24) is 14.9 Å². The van der Waals surface area contributed by atoms with Gasteiger partial charge in [0.2, 0.25) is 0 Å². The summed E-state index contributed by atoms with van der Waals surface area (Å²) in [4.78, 5) is 6.76. The lowest BCUT2D eigenvalue weighted by molar-refractivity contribution is 0.146. The molecule has 7 nitrogen and oxygen atoms in total. The van der Waals surface area contributed by atoms with Gasteiger partial charge in [0.15, 0.2) is 5.11 Å². The minimum Gasteiger partial charge on any atom is -0.494 e. The van der Waals surface area contributed by atoms with Gasteiger partial charge in [-0.2, -0.15) is 0 Å². The maximum atomic E-state index is 6.64. The van der Waals surface area contributed by atoms with E-state index in [1.165, 1.54) is 0 Å². The van der Waals surface area contributed by atoms with E-state index in [1.54, 1.807) is 13.3 Å². The predicted octanol–water partition coefficient (Wildman–Crippen LogP) is 6.13. The first-order valence-electron chi connectivity index (χ1n) is 12.4. The van der Waals surface area contributed by atoms with Gasteiger partial charge in [0, 0.05) is 36.6 Å². The molecule has 2 unspecified atom stereocenters. The Labute approximate surface area is 232 Å². The molecule has 0 spiro atoms. The Balaban J connectivity index is 1.56. The van der Waals surface area contributed by atoms with Gasteiger partial charge >= 0.3 is 0 Å². The van der Waals surface area contributed by atoms with Crippen LogP contribution in [0.4, 0.5) is 5.69 Å². The number of hydrogen-bond donors (Lipinski definition) is 1. The van der Waals surface area contributed by atoms with Crippen molar-refractivity contribution in [1.29, 1.82) is 0 Å². The van der Waals surface area contributed by atoms with E-state index in [-0.39, 0.29) is 12.1 Å². The monoisotopic (exact) mass is 548 g/mol. The van der Waals surface area contributed by atoms with Crippen LogP contribution < -0.4 is 19.7 Å². The van der Waals surface area contributed by atoms with E-state index in [9.17, 15) is 0 Å². The number of hydrogen-bond acceptors (Lipinski definition) is 5.